The summed E-state index contributed by atoms with van der Waals surface area (Å²) in [4.78, 5) is 15.7. The van der Waals surface area contributed by atoms with Crippen LogP contribution in [0.3, 0.4) is 0 Å². The lowest BCUT2D eigenvalue weighted by molar-refractivity contribution is 0.0596. The number of carbonyl (C=O) groups excluding carboxylic acids is 1. The molecule has 18 heavy (non-hydrogen) atoms. The van der Waals surface area contributed by atoms with Gasteiger partial charge in [0.1, 0.15) is 11.4 Å². The lowest BCUT2D eigenvalue weighted by Gasteiger charge is -2.09. The van der Waals surface area contributed by atoms with Crippen molar-refractivity contribution >= 4 is 11.8 Å². The Kier molecular flexibility index (Phi) is 4.02. The number of pyridine rings is 1. The summed E-state index contributed by atoms with van der Waals surface area (Å²) in [5, 5.41) is 3.23. The molecule has 1 aromatic rings. The molecule has 1 N–H and O–H groups in total. The van der Waals surface area contributed by atoms with Crippen LogP contribution in [0.5, 0.6) is 5.88 Å². The summed E-state index contributed by atoms with van der Waals surface area (Å²) in [7, 11) is 2.83. The molecule has 0 aliphatic heterocycles. The minimum Gasteiger partial charge on any atom is -0.480 e. The number of rotatable bonds is 6. The van der Waals surface area contributed by atoms with Crippen molar-refractivity contribution in [3.8, 4) is 5.88 Å². The first-order valence-corrected chi connectivity index (χ1v) is 6.12. The van der Waals surface area contributed by atoms with Crippen molar-refractivity contribution in [3.05, 3.63) is 17.7 Å². The number of nitrogens with zero attached hydrogens (tertiary/aromatic N) is 1. The molecular formula is C13H18N2O3. The Labute approximate surface area is 107 Å². The van der Waals surface area contributed by atoms with E-state index in [1.807, 2.05) is 0 Å². The van der Waals surface area contributed by atoms with E-state index in [4.69, 9.17) is 4.74 Å². The molecule has 1 fully saturated rings. The van der Waals surface area contributed by atoms with Crippen molar-refractivity contribution in [2.24, 2.45) is 5.92 Å². The maximum absolute atomic E-state index is 11.5. The predicted molar refractivity (Wildman–Crippen MR) is 68.0 cm³/mol. The van der Waals surface area contributed by atoms with Crippen LogP contribution in [0.15, 0.2) is 12.1 Å². The standard InChI is InChI=1S/C13H18N2O3/c1-17-12-10(13(16)18-2)5-6-11(15-12)14-8-7-9-3-4-9/h5-6,9H,3-4,7-8H2,1-2H3,(H,14,15). The van der Waals surface area contributed by atoms with Gasteiger partial charge in [-0.1, -0.05) is 12.8 Å². The summed E-state index contributed by atoms with van der Waals surface area (Å²) in [6, 6.07) is 3.43. The van der Waals surface area contributed by atoms with Crippen molar-refractivity contribution in [3.63, 3.8) is 0 Å². The highest BCUT2D eigenvalue weighted by Crippen LogP contribution is 2.32. The molecule has 5 nitrogen and oxygen atoms in total. The Hall–Kier alpha value is -1.78. The number of ether oxygens (including phenoxy) is 2. The molecule has 5 heteroatoms. The smallest absolute Gasteiger partial charge is 0.343 e. The summed E-state index contributed by atoms with van der Waals surface area (Å²) in [6.45, 7) is 0.901. The van der Waals surface area contributed by atoms with Crippen molar-refractivity contribution in [2.45, 2.75) is 19.3 Å². The van der Waals surface area contributed by atoms with Gasteiger partial charge in [0.05, 0.1) is 14.2 Å². The molecule has 1 saturated carbocycles. The third kappa shape index (κ3) is 3.12. The van der Waals surface area contributed by atoms with Crippen LogP contribution in [0, 0.1) is 5.92 Å². The van der Waals surface area contributed by atoms with E-state index < -0.39 is 5.97 Å². The lowest BCUT2D eigenvalue weighted by atomic mass is 10.2. The number of anilines is 1. The van der Waals surface area contributed by atoms with Crippen LogP contribution >= 0.6 is 0 Å². The van der Waals surface area contributed by atoms with Crippen LogP contribution in [-0.2, 0) is 4.74 Å². The summed E-state index contributed by atoms with van der Waals surface area (Å²) in [6.07, 6.45) is 3.86. The van der Waals surface area contributed by atoms with E-state index in [1.54, 1.807) is 12.1 Å². The molecule has 0 radical (unpaired) electrons. The molecule has 0 saturated heterocycles. The molecule has 0 spiro atoms. The average Bonchev–Trinajstić information content (AvgIpc) is 3.21. The van der Waals surface area contributed by atoms with Crippen LogP contribution in [0.4, 0.5) is 5.82 Å². The quantitative estimate of drug-likeness (QED) is 0.783. The number of nitrogens with one attached hydrogen (secondary N) is 1. The van der Waals surface area contributed by atoms with Crippen LogP contribution in [0.1, 0.15) is 29.6 Å². The third-order valence-corrected chi connectivity index (χ3v) is 3.01. The van der Waals surface area contributed by atoms with E-state index >= 15 is 0 Å². The highest BCUT2D eigenvalue weighted by Gasteiger charge is 2.20. The maximum Gasteiger partial charge on any atom is 0.343 e. The van der Waals surface area contributed by atoms with Gasteiger partial charge < -0.3 is 14.8 Å². The lowest BCUT2D eigenvalue weighted by Crippen LogP contribution is -2.09. The molecule has 1 aliphatic carbocycles. The fourth-order valence-corrected chi connectivity index (χ4v) is 1.77. The van der Waals surface area contributed by atoms with Gasteiger partial charge in [-0.15, -0.1) is 0 Å². The molecule has 0 atom stereocenters. The first-order valence-electron chi connectivity index (χ1n) is 6.12. The number of esters is 1. The Balaban J connectivity index is 2.00. The number of aromatic nitrogens is 1. The van der Waals surface area contributed by atoms with Crippen LogP contribution in [0.25, 0.3) is 0 Å². The van der Waals surface area contributed by atoms with E-state index in [2.05, 4.69) is 15.0 Å². The molecule has 0 aromatic carbocycles. The van der Waals surface area contributed by atoms with Crippen LogP contribution < -0.4 is 10.1 Å². The van der Waals surface area contributed by atoms with Gasteiger partial charge in [0.15, 0.2) is 0 Å². The van der Waals surface area contributed by atoms with Gasteiger partial charge >= 0.3 is 5.97 Å². The van der Waals surface area contributed by atoms with Crippen LogP contribution in [-0.4, -0.2) is 31.7 Å². The largest absolute Gasteiger partial charge is 0.480 e. The molecular weight excluding hydrogens is 232 g/mol. The minimum atomic E-state index is -0.441. The zero-order chi connectivity index (χ0) is 13.0. The van der Waals surface area contributed by atoms with E-state index in [-0.39, 0.29) is 0 Å². The molecule has 2 rings (SSSR count). The number of hydrogen-bond acceptors (Lipinski definition) is 5. The van der Waals surface area contributed by atoms with Crippen molar-refractivity contribution < 1.29 is 14.3 Å². The summed E-state index contributed by atoms with van der Waals surface area (Å²) >= 11 is 0. The zero-order valence-electron chi connectivity index (χ0n) is 10.7. The summed E-state index contributed by atoms with van der Waals surface area (Å²) < 4.78 is 9.76. The highest BCUT2D eigenvalue weighted by atomic mass is 16.5. The fourth-order valence-electron chi connectivity index (χ4n) is 1.77. The fraction of sp³-hybridized carbons (Fsp3) is 0.538. The Morgan fingerprint density at radius 1 is 1.44 bits per heavy atom. The van der Waals surface area contributed by atoms with Gasteiger partial charge in [0.2, 0.25) is 5.88 Å². The van der Waals surface area contributed by atoms with E-state index in [0.29, 0.717) is 11.4 Å². The number of methoxy groups -OCH3 is 2. The molecule has 1 aromatic heterocycles. The third-order valence-electron chi connectivity index (χ3n) is 3.01. The summed E-state index contributed by atoms with van der Waals surface area (Å²) in [5.41, 5.74) is 0.341. The topological polar surface area (TPSA) is 60.5 Å². The zero-order valence-corrected chi connectivity index (χ0v) is 10.7. The first kappa shape index (κ1) is 12.7. The number of hydrogen-bond donors (Lipinski definition) is 1. The van der Waals surface area contributed by atoms with Crippen LogP contribution in [0.2, 0.25) is 0 Å². The second-order valence-electron chi connectivity index (χ2n) is 4.40. The van der Waals surface area contributed by atoms with E-state index in [0.717, 1.165) is 18.3 Å². The monoisotopic (exact) mass is 250 g/mol. The van der Waals surface area contributed by atoms with Gasteiger partial charge in [-0.05, 0) is 24.5 Å². The molecule has 0 bridgehead atoms. The molecule has 0 amide bonds. The minimum absolute atomic E-state index is 0.290. The SMILES string of the molecule is COC(=O)c1ccc(NCCC2CC2)nc1OC. The van der Waals surface area contributed by atoms with E-state index in [9.17, 15) is 4.79 Å². The van der Waals surface area contributed by atoms with Gasteiger partial charge in [-0.25, -0.2) is 4.79 Å². The van der Waals surface area contributed by atoms with Crippen molar-refractivity contribution in [1.29, 1.82) is 0 Å². The molecule has 0 unspecified atom stereocenters. The first-order chi connectivity index (χ1) is 8.74. The van der Waals surface area contributed by atoms with Crippen molar-refractivity contribution in [1.82, 2.24) is 4.98 Å². The van der Waals surface area contributed by atoms with Gasteiger partial charge in [-0.2, -0.15) is 4.98 Å². The van der Waals surface area contributed by atoms with E-state index in [1.165, 1.54) is 33.5 Å². The summed E-state index contributed by atoms with van der Waals surface area (Å²) in [5.74, 6) is 1.45. The van der Waals surface area contributed by atoms with Crippen molar-refractivity contribution in [2.75, 3.05) is 26.1 Å². The molecule has 1 heterocycles. The predicted octanol–water partition coefficient (Wildman–Crippen LogP) is 2.09. The Morgan fingerprint density at radius 3 is 2.83 bits per heavy atom. The average molecular weight is 250 g/mol. The molecule has 1 aliphatic rings. The van der Waals surface area contributed by atoms with Gasteiger partial charge in [0, 0.05) is 6.54 Å². The van der Waals surface area contributed by atoms with Gasteiger partial charge in [0.25, 0.3) is 0 Å². The second kappa shape index (κ2) is 5.71. The molecule has 98 valence electrons. The number of carbonyl (C=O) groups is 1. The Morgan fingerprint density at radius 2 is 2.22 bits per heavy atom. The highest BCUT2D eigenvalue weighted by molar-refractivity contribution is 5.92. The normalized spacial score (nSPS) is 14.1. The maximum atomic E-state index is 11.5. The Bertz CT molecular complexity index is 430. The van der Waals surface area contributed by atoms with Gasteiger partial charge in [-0.3, -0.25) is 0 Å². The second-order valence-corrected chi connectivity index (χ2v) is 4.40.